The Morgan fingerprint density at radius 2 is 1.00 bits per heavy atom. The van der Waals surface area contributed by atoms with Crippen LogP contribution in [0.2, 0.25) is 0 Å². The van der Waals surface area contributed by atoms with E-state index in [1.165, 1.54) is 0 Å². The third-order valence-electron chi connectivity index (χ3n) is 0. The second kappa shape index (κ2) is 10.1. The Bertz CT molecular complexity index is 15.5. The van der Waals surface area contributed by atoms with E-state index < -0.39 is 7.32 Å². The SMILES string of the molecule is OB(O)O.[Lu].[Sc]. The third-order valence-corrected chi connectivity index (χ3v) is 0. The Balaban J connectivity index is -0.0000000450. The van der Waals surface area contributed by atoms with Gasteiger partial charge in [0, 0.05) is 62.7 Å². The van der Waals surface area contributed by atoms with Gasteiger partial charge in [0.05, 0.1) is 0 Å². The monoisotopic (exact) mass is 282 g/mol. The van der Waals surface area contributed by atoms with E-state index in [0.717, 1.165) is 0 Å². The van der Waals surface area contributed by atoms with Gasteiger partial charge in [-0.1, -0.05) is 0 Å². The molecule has 0 heterocycles. The Kier molecular flexibility index (Phi) is 26.5. The van der Waals surface area contributed by atoms with E-state index in [-0.39, 0.29) is 62.7 Å². The van der Waals surface area contributed by atoms with Crippen molar-refractivity contribution in [3.05, 3.63) is 0 Å². The van der Waals surface area contributed by atoms with E-state index in [1.54, 1.807) is 0 Å². The van der Waals surface area contributed by atoms with Gasteiger partial charge in [-0.3, -0.25) is 0 Å². The van der Waals surface area contributed by atoms with Gasteiger partial charge >= 0.3 is 7.32 Å². The molecule has 0 aliphatic carbocycles. The molecule has 0 unspecified atom stereocenters. The predicted molar refractivity (Wildman–Crippen MR) is 12.4 cm³/mol. The topological polar surface area (TPSA) is 60.7 Å². The number of hydrogen-bond donors (Lipinski definition) is 3. The van der Waals surface area contributed by atoms with Crippen molar-refractivity contribution in [2.75, 3.05) is 0 Å². The molecule has 0 spiro atoms. The molecule has 3 nitrogen and oxygen atoms in total. The summed E-state index contributed by atoms with van der Waals surface area (Å²) < 4.78 is 0. The number of rotatable bonds is 0. The molecular weight excluding hydrogens is 279 g/mol. The van der Waals surface area contributed by atoms with Crippen molar-refractivity contribution in [1.82, 2.24) is 0 Å². The normalized spacial score (nSPS) is 4.50. The summed E-state index contributed by atoms with van der Waals surface area (Å²) in [6, 6.07) is 0. The van der Waals surface area contributed by atoms with Crippen molar-refractivity contribution in [3.63, 3.8) is 0 Å². The molecule has 0 rings (SSSR count). The molecule has 0 aromatic heterocycles. The van der Waals surface area contributed by atoms with Crippen LogP contribution in [0.15, 0.2) is 0 Å². The van der Waals surface area contributed by atoms with Crippen LogP contribution in [0.4, 0.5) is 0 Å². The first-order chi connectivity index (χ1) is 1.73. The standard InChI is InChI=1S/BH3O3.Lu.Sc/c2-1(3)4;;/h2-4H;;. The van der Waals surface area contributed by atoms with Gasteiger partial charge in [-0.25, -0.2) is 0 Å². The van der Waals surface area contributed by atoms with E-state index in [2.05, 4.69) is 0 Å². The summed E-state index contributed by atoms with van der Waals surface area (Å²) in [7, 11) is -2.17. The fourth-order valence-corrected chi connectivity index (χ4v) is 0. The van der Waals surface area contributed by atoms with Gasteiger partial charge in [-0.15, -0.1) is 0 Å². The maximum atomic E-state index is 7.17. The van der Waals surface area contributed by atoms with Gasteiger partial charge in [0.15, 0.2) is 0 Å². The Labute approximate surface area is 83.9 Å². The predicted octanol–water partition coefficient (Wildman–Crippen LogP) is -2.05. The summed E-state index contributed by atoms with van der Waals surface area (Å²) in [5, 5.41) is 21.5. The van der Waals surface area contributed by atoms with Crippen LogP contribution >= 0.6 is 0 Å². The van der Waals surface area contributed by atoms with Crippen molar-refractivity contribution in [1.29, 1.82) is 0 Å². The van der Waals surface area contributed by atoms with E-state index in [0.29, 0.717) is 0 Å². The van der Waals surface area contributed by atoms with Gasteiger partial charge < -0.3 is 15.1 Å². The van der Waals surface area contributed by atoms with E-state index in [9.17, 15) is 0 Å². The molecule has 0 aliphatic rings. The zero-order valence-electron chi connectivity index (χ0n) is 2.75. The second-order valence-electron chi connectivity index (χ2n) is 0.346. The van der Waals surface area contributed by atoms with Crippen LogP contribution in [0.25, 0.3) is 0 Å². The molecule has 0 aromatic rings. The molecule has 0 saturated carbocycles. The molecule has 0 amide bonds. The first-order valence-corrected chi connectivity index (χ1v) is 0.775. The van der Waals surface area contributed by atoms with Crippen LogP contribution in [0.3, 0.4) is 0 Å². The number of hydrogen-bond acceptors (Lipinski definition) is 3. The van der Waals surface area contributed by atoms with E-state index >= 15 is 0 Å². The molecule has 0 aliphatic heterocycles. The summed E-state index contributed by atoms with van der Waals surface area (Å²) >= 11 is 0. The minimum atomic E-state index is -2.17. The van der Waals surface area contributed by atoms with Crippen LogP contribution in [-0.4, -0.2) is 22.4 Å². The summed E-state index contributed by atoms with van der Waals surface area (Å²) in [5.41, 5.74) is 0. The molecule has 0 bridgehead atoms. The van der Waals surface area contributed by atoms with Gasteiger partial charge in [0.25, 0.3) is 0 Å². The molecule has 42 valence electrons. The zero-order chi connectivity index (χ0) is 3.58. The molecule has 6 heteroatoms. The molecular formula is H3BLuO3Sc. The minimum Gasteiger partial charge on any atom is -0.402 e. The molecule has 3 N–H and O–H groups in total. The Morgan fingerprint density at radius 3 is 1.00 bits per heavy atom. The maximum absolute atomic E-state index is 7.17. The molecule has 0 atom stereocenters. The smallest absolute Gasteiger partial charge is 0.402 e. The summed E-state index contributed by atoms with van der Waals surface area (Å²) in [4.78, 5) is 0. The van der Waals surface area contributed by atoms with Crippen LogP contribution in [0.5, 0.6) is 0 Å². The average molecular weight is 282 g/mol. The molecule has 2 radical (unpaired) electrons. The molecule has 0 aromatic carbocycles. The minimum absolute atomic E-state index is 0. The average Bonchev–Trinajstić information content (AvgIpc) is 0.811. The van der Waals surface area contributed by atoms with Crippen molar-refractivity contribution in [2.45, 2.75) is 0 Å². The summed E-state index contributed by atoms with van der Waals surface area (Å²) in [6.07, 6.45) is 0. The summed E-state index contributed by atoms with van der Waals surface area (Å²) in [5.74, 6) is 0. The van der Waals surface area contributed by atoms with Crippen molar-refractivity contribution in [3.8, 4) is 0 Å². The summed E-state index contributed by atoms with van der Waals surface area (Å²) in [6.45, 7) is 0. The van der Waals surface area contributed by atoms with Gasteiger partial charge in [0.1, 0.15) is 0 Å². The van der Waals surface area contributed by atoms with Gasteiger partial charge in [-0.05, 0) is 0 Å². The Morgan fingerprint density at radius 1 is 1.00 bits per heavy atom. The molecule has 0 saturated heterocycles. The van der Waals surface area contributed by atoms with Gasteiger partial charge in [0.2, 0.25) is 0 Å². The van der Waals surface area contributed by atoms with Crippen LogP contribution < -0.4 is 0 Å². The van der Waals surface area contributed by atoms with Crippen molar-refractivity contribution < 1.29 is 77.8 Å². The van der Waals surface area contributed by atoms with Crippen LogP contribution in [0.1, 0.15) is 0 Å². The van der Waals surface area contributed by atoms with Crippen molar-refractivity contribution >= 4 is 7.32 Å². The first-order valence-electron chi connectivity index (χ1n) is 0.775. The second-order valence-corrected chi connectivity index (χ2v) is 0.346. The maximum Gasteiger partial charge on any atom is 0.631 e. The van der Waals surface area contributed by atoms with Crippen LogP contribution in [-0.2, 0) is 25.8 Å². The fourth-order valence-electron chi connectivity index (χ4n) is 0. The van der Waals surface area contributed by atoms with E-state index in [4.69, 9.17) is 15.1 Å². The zero-order valence-corrected chi connectivity index (χ0v) is 6.21. The fraction of sp³-hybridized carbons (Fsp3) is 0. The van der Waals surface area contributed by atoms with Gasteiger partial charge in [-0.2, -0.15) is 0 Å². The quantitative estimate of drug-likeness (QED) is 0.448. The third kappa shape index (κ3) is 36.7. The van der Waals surface area contributed by atoms with Crippen molar-refractivity contribution in [2.24, 2.45) is 0 Å². The van der Waals surface area contributed by atoms with Crippen LogP contribution in [0, 0.1) is 36.9 Å². The molecule has 6 heavy (non-hydrogen) atoms. The largest absolute Gasteiger partial charge is 0.631 e. The first kappa shape index (κ1) is 15.7. The Hall–Kier alpha value is 2.05. The van der Waals surface area contributed by atoms with E-state index in [1.807, 2.05) is 0 Å². The molecule has 0 fully saturated rings.